The maximum absolute atomic E-state index is 11.8. The highest BCUT2D eigenvalue weighted by Gasteiger charge is 2.15. The number of benzene rings is 1. The third-order valence-electron chi connectivity index (χ3n) is 2.53. The molecule has 0 amide bonds. The molecule has 1 heterocycles. The van der Waals surface area contributed by atoms with Crippen LogP contribution in [0.25, 0.3) is 5.69 Å². The van der Waals surface area contributed by atoms with Crippen LogP contribution >= 0.6 is 0 Å². The second kappa shape index (κ2) is 4.81. The SMILES string of the molecule is CC(C)S(=O)(=O)Nc1cccc(-n2ccnc2)c1. The average molecular weight is 265 g/mol. The van der Waals surface area contributed by atoms with E-state index in [1.165, 1.54) is 0 Å². The number of nitrogens with zero attached hydrogens (tertiary/aromatic N) is 2. The summed E-state index contributed by atoms with van der Waals surface area (Å²) in [6.45, 7) is 3.28. The van der Waals surface area contributed by atoms with Crippen LogP contribution in [0.15, 0.2) is 43.0 Å². The Labute approximate surface area is 107 Å². The lowest BCUT2D eigenvalue weighted by atomic mass is 10.3. The molecule has 1 N–H and O–H groups in total. The lowest BCUT2D eigenvalue weighted by Gasteiger charge is -2.11. The highest BCUT2D eigenvalue weighted by molar-refractivity contribution is 7.93. The quantitative estimate of drug-likeness (QED) is 0.920. The van der Waals surface area contributed by atoms with Crippen LogP contribution in [0.2, 0.25) is 0 Å². The van der Waals surface area contributed by atoms with Crippen LogP contribution in [0.4, 0.5) is 5.69 Å². The Hall–Kier alpha value is -1.82. The molecule has 96 valence electrons. The van der Waals surface area contributed by atoms with Crippen molar-refractivity contribution in [2.75, 3.05) is 4.72 Å². The van der Waals surface area contributed by atoms with Gasteiger partial charge in [0.15, 0.2) is 0 Å². The summed E-state index contributed by atoms with van der Waals surface area (Å²) in [5.41, 5.74) is 1.41. The summed E-state index contributed by atoms with van der Waals surface area (Å²) in [4.78, 5) is 3.96. The lowest BCUT2D eigenvalue weighted by molar-refractivity contribution is 0.593. The molecule has 0 aliphatic carbocycles. The largest absolute Gasteiger partial charge is 0.306 e. The normalized spacial score (nSPS) is 11.7. The number of rotatable bonds is 4. The van der Waals surface area contributed by atoms with E-state index in [1.54, 1.807) is 50.8 Å². The average Bonchev–Trinajstić information content (AvgIpc) is 2.82. The fourth-order valence-electron chi connectivity index (χ4n) is 1.42. The zero-order chi connectivity index (χ0) is 13.2. The van der Waals surface area contributed by atoms with Gasteiger partial charge in [-0.1, -0.05) is 6.07 Å². The summed E-state index contributed by atoms with van der Waals surface area (Å²) >= 11 is 0. The molecule has 0 aliphatic rings. The molecule has 6 heteroatoms. The molecule has 5 nitrogen and oxygen atoms in total. The molecule has 0 radical (unpaired) electrons. The van der Waals surface area contributed by atoms with Crippen molar-refractivity contribution in [3.63, 3.8) is 0 Å². The van der Waals surface area contributed by atoms with Crippen molar-refractivity contribution in [3.8, 4) is 5.69 Å². The Bertz CT molecular complexity index is 619. The minimum Gasteiger partial charge on any atom is -0.306 e. The molecule has 1 aromatic carbocycles. The molecular formula is C12H15N3O2S. The molecule has 18 heavy (non-hydrogen) atoms. The topological polar surface area (TPSA) is 64.0 Å². The fourth-order valence-corrected chi connectivity index (χ4v) is 2.12. The maximum Gasteiger partial charge on any atom is 0.235 e. The minimum atomic E-state index is -3.31. The van der Waals surface area contributed by atoms with Gasteiger partial charge in [0.2, 0.25) is 10.0 Å². The Balaban J connectivity index is 2.29. The highest BCUT2D eigenvalue weighted by Crippen LogP contribution is 2.16. The molecule has 2 aromatic rings. The highest BCUT2D eigenvalue weighted by atomic mass is 32.2. The second-order valence-electron chi connectivity index (χ2n) is 4.22. The Morgan fingerprint density at radius 1 is 1.33 bits per heavy atom. The number of imidazole rings is 1. The van der Waals surface area contributed by atoms with E-state index in [2.05, 4.69) is 9.71 Å². The summed E-state index contributed by atoms with van der Waals surface area (Å²) in [6, 6.07) is 7.17. The summed E-state index contributed by atoms with van der Waals surface area (Å²) < 4.78 is 27.9. The number of anilines is 1. The molecule has 0 saturated carbocycles. The van der Waals surface area contributed by atoms with Gasteiger partial charge in [-0.05, 0) is 32.0 Å². The molecule has 2 rings (SSSR count). The van der Waals surface area contributed by atoms with E-state index in [4.69, 9.17) is 0 Å². The van der Waals surface area contributed by atoms with E-state index in [9.17, 15) is 8.42 Å². The number of aromatic nitrogens is 2. The van der Waals surface area contributed by atoms with Crippen molar-refractivity contribution >= 4 is 15.7 Å². The molecule has 0 fully saturated rings. The van der Waals surface area contributed by atoms with Gasteiger partial charge < -0.3 is 4.57 Å². The molecule has 0 saturated heterocycles. The van der Waals surface area contributed by atoms with Crippen LogP contribution in [0.1, 0.15) is 13.8 Å². The Morgan fingerprint density at radius 2 is 2.11 bits per heavy atom. The van der Waals surface area contributed by atoms with E-state index in [0.29, 0.717) is 5.69 Å². The van der Waals surface area contributed by atoms with Crippen LogP contribution in [-0.4, -0.2) is 23.2 Å². The summed E-state index contributed by atoms with van der Waals surface area (Å²) in [5, 5.41) is -0.464. The van der Waals surface area contributed by atoms with Crippen molar-refractivity contribution in [3.05, 3.63) is 43.0 Å². The van der Waals surface area contributed by atoms with Gasteiger partial charge in [-0.3, -0.25) is 4.72 Å². The zero-order valence-corrected chi connectivity index (χ0v) is 11.1. The molecule has 0 atom stereocenters. The summed E-state index contributed by atoms with van der Waals surface area (Å²) in [6.07, 6.45) is 5.14. The van der Waals surface area contributed by atoms with Crippen molar-refractivity contribution in [1.29, 1.82) is 0 Å². The maximum atomic E-state index is 11.8. The first kappa shape index (κ1) is 12.6. The van der Waals surface area contributed by atoms with Crippen LogP contribution < -0.4 is 4.72 Å². The predicted octanol–water partition coefficient (Wildman–Crippen LogP) is 2.02. The molecule has 0 unspecified atom stereocenters. The van der Waals surface area contributed by atoms with Crippen molar-refractivity contribution in [2.45, 2.75) is 19.1 Å². The van der Waals surface area contributed by atoms with E-state index < -0.39 is 15.3 Å². The van der Waals surface area contributed by atoms with Gasteiger partial charge in [0.1, 0.15) is 0 Å². The van der Waals surface area contributed by atoms with Gasteiger partial charge >= 0.3 is 0 Å². The third-order valence-corrected chi connectivity index (χ3v) is 4.29. The zero-order valence-electron chi connectivity index (χ0n) is 10.2. The van der Waals surface area contributed by atoms with Gasteiger partial charge in [-0.2, -0.15) is 0 Å². The lowest BCUT2D eigenvalue weighted by Crippen LogP contribution is -2.22. The summed E-state index contributed by atoms with van der Waals surface area (Å²) in [7, 11) is -3.31. The van der Waals surface area contributed by atoms with Crippen LogP contribution in [0, 0.1) is 0 Å². The molecule has 0 spiro atoms. The number of sulfonamides is 1. The van der Waals surface area contributed by atoms with Gasteiger partial charge in [-0.15, -0.1) is 0 Å². The molecule has 0 aliphatic heterocycles. The van der Waals surface area contributed by atoms with Crippen molar-refractivity contribution in [1.82, 2.24) is 9.55 Å². The second-order valence-corrected chi connectivity index (χ2v) is 6.45. The number of hydrogen-bond donors (Lipinski definition) is 1. The first-order chi connectivity index (χ1) is 8.49. The van der Waals surface area contributed by atoms with Gasteiger partial charge in [-0.25, -0.2) is 13.4 Å². The van der Waals surface area contributed by atoms with E-state index >= 15 is 0 Å². The molecule has 1 aromatic heterocycles. The molecular weight excluding hydrogens is 250 g/mol. The number of nitrogens with one attached hydrogen (secondary N) is 1. The number of hydrogen-bond acceptors (Lipinski definition) is 3. The Morgan fingerprint density at radius 3 is 2.72 bits per heavy atom. The predicted molar refractivity (Wildman–Crippen MR) is 71.2 cm³/mol. The van der Waals surface area contributed by atoms with Crippen LogP contribution in [-0.2, 0) is 10.0 Å². The first-order valence-electron chi connectivity index (χ1n) is 5.59. The van der Waals surface area contributed by atoms with E-state index in [1.807, 2.05) is 10.6 Å². The Kier molecular flexibility index (Phi) is 3.38. The van der Waals surface area contributed by atoms with Gasteiger partial charge in [0, 0.05) is 18.1 Å². The third kappa shape index (κ3) is 2.70. The standard InChI is InChI=1S/C12H15N3O2S/c1-10(2)18(16,17)14-11-4-3-5-12(8-11)15-7-6-13-9-15/h3-10,14H,1-2H3. The van der Waals surface area contributed by atoms with Gasteiger partial charge in [0.25, 0.3) is 0 Å². The van der Waals surface area contributed by atoms with Crippen molar-refractivity contribution in [2.24, 2.45) is 0 Å². The van der Waals surface area contributed by atoms with E-state index in [0.717, 1.165) is 5.69 Å². The van der Waals surface area contributed by atoms with Gasteiger partial charge in [0.05, 0.1) is 17.3 Å². The molecule has 0 bridgehead atoms. The summed E-state index contributed by atoms with van der Waals surface area (Å²) in [5.74, 6) is 0. The monoisotopic (exact) mass is 265 g/mol. The van der Waals surface area contributed by atoms with E-state index in [-0.39, 0.29) is 0 Å². The van der Waals surface area contributed by atoms with Crippen LogP contribution in [0.3, 0.4) is 0 Å². The first-order valence-corrected chi connectivity index (χ1v) is 7.14. The smallest absolute Gasteiger partial charge is 0.235 e. The fraction of sp³-hybridized carbons (Fsp3) is 0.250. The van der Waals surface area contributed by atoms with Crippen molar-refractivity contribution < 1.29 is 8.42 Å². The van der Waals surface area contributed by atoms with Crippen LogP contribution in [0.5, 0.6) is 0 Å². The minimum absolute atomic E-state index is 0.464.